The highest BCUT2D eigenvalue weighted by molar-refractivity contribution is 7.81. The maximum absolute atomic E-state index is 12.7. The van der Waals surface area contributed by atoms with Crippen molar-refractivity contribution in [3.63, 3.8) is 0 Å². The van der Waals surface area contributed by atoms with Gasteiger partial charge in [-0.3, -0.25) is 10.2 Å². The summed E-state index contributed by atoms with van der Waals surface area (Å²) in [6.45, 7) is 12.2. The van der Waals surface area contributed by atoms with Crippen molar-refractivity contribution in [2.24, 2.45) is 0 Å². The molecule has 0 saturated carbocycles. The Hall–Kier alpha value is -3.71. The molecule has 2 aromatic carbocycles. The summed E-state index contributed by atoms with van der Waals surface area (Å²) in [5.41, 5.74) is 3.25. The number of benzene rings is 2. The van der Waals surface area contributed by atoms with E-state index in [4.69, 9.17) is 17.6 Å². The van der Waals surface area contributed by atoms with Crippen molar-refractivity contribution >= 4 is 46.3 Å². The Morgan fingerprint density at radius 3 is 2.19 bits per heavy atom. The molecule has 0 heterocycles. The molecule has 7 heteroatoms. The van der Waals surface area contributed by atoms with Gasteiger partial charge in [-0.2, -0.15) is 0 Å². The Morgan fingerprint density at radius 2 is 1.62 bits per heavy atom. The minimum absolute atomic E-state index is 0.0512. The number of allylic oxidation sites excluding steroid dienone is 3. The lowest BCUT2D eigenvalue weighted by molar-refractivity contribution is -0.111. The molecule has 0 fully saturated rings. The summed E-state index contributed by atoms with van der Waals surface area (Å²) < 4.78 is 0. The number of amides is 1. The Morgan fingerprint density at radius 1 is 1.00 bits per heavy atom. The van der Waals surface area contributed by atoms with E-state index in [1.165, 1.54) is 12.1 Å². The number of hydrogen-bond acceptors (Lipinski definition) is 5. The molecule has 0 aromatic heterocycles. The summed E-state index contributed by atoms with van der Waals surface area (Å²) in [6, 6.07) is 8.41. The van der Waals surface area contributed by atoms with Crippen LogP contribution in [0.5, 0.6) is 11.5 Å². The molecule has 3 rings (SSSR count). The summed E-state index contributed by atoms with van der Waals surface area (Å²) in [6.07, 6.45) is 9.27. The summed E-state index contributed by atoms with van der Waals surface area (Å²) in [4.78, 5) is 13.4. The van der Waals surface area contributed by atoms with E-state index < -0.39 is 0 Å². The van der Waals surface area contributed by atoms with E-state index >= 15 is 0 Å². The number of aromatic hydroxyl groups is 2. The molecule has 37 heavy (non-hydrogen) atoms. The number of thiocarbonyl (C=S) groups is 1. The molecule has 0 radical (unpaired) electrons. The number of anilines is 2. The molecule has 1 aliphatic rings. The van der Waals surface area contributed by atoms with Crippen molar-refractivity contribution in [1.82, 2.24) is 0 Å². The Kier molecular flexibility index (Phi) is 8.08. The van der Waals surface area contributed by atoms with E-state index in [1.54, 1.807) is 24.3 Å². The van der Waals surface area contributed by atoms with E-state index in [9.17, 15) is 15.0 Å². The first kappa shape index (κ1) is 27.9. The molecule has 6 nitrogen and oxygen atoms in total. The average molecular weight is 518 g/mol. The molecular weight excluding hydrogens is 482 g/mol. The Bertz CT molecular complexity index is 1300. The normalized spacial score (nSPS) is 14.0. The van der Waals surface area contributed by atoms with E-state index in [0.717, 1.165) is 16.7 Å². The van der Waals surface area contributed by atoms with E-state index in [-0.39, 0.29) is 39.8 Å². The number of carbonyl (C=O) groups excluding carboxylic acids is 1. The summed E-state index contributed by atoms with van der Waals surface area (Å²) in [5.74, 6) is -0.0397. The zero-order valence-electron chi connectivity index (χ0n) is 22.2. The predicted molar refractivity (Wildman–Crippen MR) is 157 cm³/mol. The van der Waals surface area contributed by atoms with Gasteiger partial charge < -0.3 is 20.8 Å². The quantitative estimate of drug-likeness (QED) is 0.0734. The number of amidine groups is 1. The zero-order chi connectivity index (χ0) is 27.5. The van der Waals surface area contributed by atoms with Gasteiger partial charge in [0.1, 0.15) is 17.3 Å². The minimum Gasteiger partial charge on any atom is -0.507 e. The van der Waals surface area contributed by atoms with Crippen LogP contribution < -0.4 is 10.6 Å². The molecule has 1 aliphatic carbocycles. The minimum atomic E-state index is -0.351. The lowest BCUT2D eigenvalue weighted by Crippen LogP contribution is -2.20. The van der Waals surface area contributed by atoms with Crippen LogP contribution in [0.1, 0.15) is 64.7 Å². The summed E-state index contributed by atoms with van der Waals surface area (Å²) >= 11 is 5.33. The molecular formula is C30H35N3O3S. The van der Waals surface area contributed by atoms with Crippen LogP contribution in [-0.2, 0) is 15.6 Å². The highest BCUT2D eigenvalue weighted by atomic mass is 32.1. The summed E-state index contributed by atoms with van der Waals surface area (Å²) in [7, 11) is 0. The van der Waals surface area contributed by atoms with Crippen LogP contribution in [0, 0.1) is 5.41 Å². The molecule has 5 N–H and O–H groups in total. The number of hydrogen-bond donors (Lipinski definition) is 5. The number of carbonyl (C=O) groups is 1. The molecule has 0 aliphatic heterocycles. The van der Waals surface area contributed by atoms with E-state index in [0.29, 0.717) is 22.5 Å². The van der Waals surface area contributed by atoms with Gasteiger partial charge in [-0.1, -0.05) is 72.0 Å². The first-order chi connectivity index (χ1) is 17.2. The van der Waals surface area contributed by atoms with Crippen molar-refractivity contribution in [1.29, 1.82) is 5.41 Å². The lowest BCUT2D eigenvalue weighted by Gasteiger charge is -2.27. The first-order valence-electron chi connectivity index (χ1n) is 12.1. The van der Waals surface area contributed by atoms with Crippen LogP contribution in [0.3, 0.4) is 0 Å². The fraction of sp³-hybridized carbons (Fsp3) is 0.300. The molecule has 0 saturated heterocycles. The van der Waals surface area contributed by atoms with E-state index in [2.05, 4.69) is 10.6 Å². The standard InChI is InChI=1S/C30H35N3O3S/c1-29(2,3)21-15-18(16-22(27(21)36)30(4,5)6)11-14-26(35)32-19-12-13-24(34)23(17-19)33-28(31)20-9-7-8-10-25(20)37/h7-9,11-17,34,36H,10H2,1-6H3,(H2,31,33)(H,32,35). The van der Waals surface area contributed by atoms with Crippen molar-refractivity contribution in [2.45, 2.75) is 58.8 Å². The topological polar surface area (TPSA) is 105 Å². The third-order valence-electron chi connectivity index (χ3n) is 5.97. The van der Waals surface area contributed by atoms with Gasteiger partial charge in [0, 0.05) is 39.7 Å². The van der Waals surface area contributed by atoms with Crippen LogP contribution in [0.2, 0.25) is 0 Å². The first-order valence-corrected chi connectivity index (χ1v) is 12.5. The number of phenols is 2. The Labute approximate surface area is 224 Å². The smallest absolute Gasteiger partial charge is 0.248 e. The second-order valence-corrected chi connectivity index (χ2v) is 11.6. The molecule has 0 atom stereocenters. The maximum Gasteiger partial charge on any atom is 0.248 e. The second-order valence-electron chi connectivity index (χ2n) is 11.2. The fourth-order valence-electron chi connectivity index (χ4n) is 3.93. The van der Waals surface area contributed by atoms with Gasteiger partial charge in [0.25, 0.3) is 0 Å². The third kappa shape index (κ3) is 6.95. The van der Waals surface area contributed by atoms with Crippen LogP contribution in [-0.4, -0.2) is 26.8 Å². The highest BCUT2D eigenvalue weighted by Crippen LogP contribution is 2.40. The molecule has 194 valence electrons. The van der Waals surface area contributed by atoms with Crippen molar-refractivity contribution in [3.05, 3.63) is 76.9 Å². The largest absolute Gasteiger partial charge is 0.507 e. The number of rotatable bonds is 5. The molecule has 0 unspecified atom stereocenters. The number of phenolic OH excluding ortho intramolecular Hbond substituents is 2. The molecule has 0 bridgehead atoms. The van der Waals surface area contributed by atoms with Crippen LogP contribution in [0.4, 0.5) is 11.4 Å². The van der Waals surface area contributed by atoms with Gasteiger partial charge >= 0.3 is 0 Å². The third-order valence-corrected chi connectivity index (χ3v) is 6.36. The van der Waals surface area contributed by atoms with Gasteiger partial charge in [0.05, 0.1) is 5.69 Å². The van der Waals surface area contributed by atoms with Gasteiger partial charge in [-0.15, -0.1) is 0 Å². The molecule has 2 aromatic rings. The fourth-order valence-corrected chi connectivity index (χ4v) is 4.20. The summed E-state index contributed by atoms with van der Waals surface area (Å²) in [5, 5.41) is 35.2. The monoisotopic (exact) mass is 517 g/mol. The van der Waals surface area contributed by atoms with Crippen molar-refractivity contribution in [3.8, 4) is 11.5 Å². The average Bonchev–Trinajstić information content (AvgIpc) is 2.79. The van der Waals surface area contributed by atoms with Gasteiger partial charge in [0.2, 0.25) is 5.91 Å². The number of nitrogens with one attached hydrogen (secondary N) is 3. The SMILES string of the molecule is CC(C)(C)c1cc(C=CC(=O)Nc2ccc(O)c(NC(=N)C3=CC=CCC3=S)c2)cc(C(C)(C)C)c1O. The lowest BCUT2D eigenvalue weighted by atomic mass is 9.78. The maximum atomic E-state index is 12.7. The van der Waals surface area contributed by atoms with E-state index in [1.807, 2.05) is 65.8 Å². The molecule has 0 spiro atoms. The predicted octanol–water partition coefficient (Wildman–Crippen LogP) is 6.99. The van der Waals surface area contributed by atoms with Gasteiger partial charge in [-0.05, 0) is 52.8 Å². The van der Waals surface area contributed by atoms with Crippen molar-refractivity contribution in [2.75, 3.05) is 10.6 Å². The van der Waals surface area contributed by atoms with Crippen LogP contribution >= 0.6 is 12.2 Å². The zero-order valence-corrected chi connectivity index (χ0v) is 23.0. The molecule has 1 amide bonds. The van der Waals surface area contributed by atoms with Crippen LogP contribution in [0.15, 0.2) is 60.2 Å². The Balaban J connectivity index is 1.80. The highest BCUT2D eigenvalue weighted by Gasteiger charge is 2.26. The second kappa shape index (κ2) is 10.7. The van der Waals surface area contributed by atoms with Gasteiger partial charge in [0.15, 0.2) is 0 Å². The van der Waals surface area contributed by atoms with Gasteiger partial charge in [-0.25, -0.2) is 0 Å². The van der Waals surface area contributed by atoms with Crippen LogP contribution in [0.25, 0.3) is 6.08 Å². The van der Waals surface area contributed by atoms with Crippen molar-refractivity contribution < 1.29 is 15.0 Å².